The van der Waals surface area contributed by atoms with Gasteiger partial charge in [-0.25, -0.2) is 0 Å². The van der Waals surface area contributed by atoms with E-state index in [0.717, 1.165) is 4.90 Å². The standard InChI is InChI=1S/C44H71N11O13/c1-25(2)22-31(41(65)50-28(38(48)62)8-3-5-18-45)52-39(63)29(9-4-6-19-46)51-43(67)34-10-7-21-55(34)44(68)33(24-37(60)61)54-42(66)32(23-26-11-13-27(56)14-12-26)53-40(64)30(15-16-36(58)59)49-35(57)17-20-47/h11-14,25,28-34,56H,3-10,15-24,45-47H2,1-2H3,(H2,48,62)(H,49,57)(H,50,65)(H,51,67)(H,52,63)(H,53,64)(H,54,66)(H,58,59)(H,60,61)/t28-,29+,30-,31-,32+,33+,34-/m0/s1. The van der Waals surface area contributed by atoms with Crippen LogP contribution in [0.5, 0.6) is 5.75 Å². The summed E-state index contributed by atoms with van der Waals surface area (Å²) in [6.45, 7) is 4.18. The number of hydrogen-bond donors (Lipinski definition) is 13. The van der Waals surface area contributed by atoms with E-state index < -0.39 is 114 Å². The number of hydrogen-bond acceptors (Lipinski definition) is 14. The Labute approximate surface area is 395 Å². The van der Waals surface area contributed by atoms with Crippen molar-refractivity contribution in [3.8, 4) is 5.75 Å². The van der Waals surface area contributed by atoms with Gasteiger partial charge >= 0.3 is 11.9 Å². The number of primary amides is 1. The van der Waals surface area contributed by atoms with E-state index in [4.69, 9.17) is 22.9 Å². The average molecular weight is 962 g/mol. The van der Waals surface area contributed by atoms with Crippen molar-refractivity contribution in [1.82, 2.24) is 36.8 Å². The molecule has 0 aliphatic carbocycles. The van der Waals surface area contributed by atoms with Crippen molar-refractivity contribution in [3.05, 3.63) is 29.8 Å². The molecule has 8 amide bonds. The Balaban J connectivity index is 2.40. The molecule has 17 N–H and O–H groups in total. The molecule has 68 heavy (non-hydrogen) atoms. The second-order valence-corrected chi connectivity index (χ2v) is 17.2. The predicted octanol–water partition coefficient (Wildman–Crippen LogP) is -2.69. The zero-order valence-corrected chi connectivity index (χ0v) is 38.8. The van der Waals surface area contributed by atoms with Crippen LogP contribution in [0.25, 0.3) is 0 Å². The van der Waals surface area contributed by atoms with E-state index in [0.29, 0.717) is 37.8 Å². The van der Waals surface area contributed by atoms with Crippen molar-refractivity contribution in [2.75, 3.05) is 26.2 Å². The minimum absolute atomic E-state index is 0.0443. The molecule has 0 unspecified atom stereocenters. The molecule has 1 aromatic carbocycles. The number of nitrogens with one attached hydrogen (secondary N) is 6. The summed E-state index contributed by atoms with van der Waals surface area (Å²) in [7, 11) is 0. The molecule has 1 fully saturated rings. The summed E-state index contributed by atoms with van der Waals surface area (Å²) >= 11 is 0. The number of aliphatic carboxylic acids is 2. The van der Waals surface area contributed by atoms with Gasteiger partial charge in [0, 0.05) is 32.4 Å². The third-order valence-electron chi connectivity index (χ3n) is 11.0. The smallest absolute Gasteiger partial charge is 0.305 e. The molecular weight excluding hydrogens is 891 g/mol. The molecule has 1 aliphatic rings. The first-order valence-electron chi connectivity index (χ1n) is 22.9. The molecule has 0 aromatic heterocycles. The van der Waals surface area contributed by atoms with Crippen LogP contribution >= 0.6 is 0 Å². The van der Waals surface area contributed by atoms with Gasteiger partial charge in [-0.2, -0.15) is 0 Å². The van der Waals surface area contributed by atoms with Gasteiger partial charge in [-0.1, -0.05) is 26.0 Å². The lowest BCUT2D eigenvalue weighted by Gasteiger charge is -2.31. The Hall–Kier alpha value is -6.40. The molecule has 24 heteroatoms. The molecule has 1 aliphatic heterocycles. The van der Waals surface area contributed by atoms with Crippen LogP contribution in [0, 0.1) is 5.92 Å². The van der Waals surface area contributed by atoms with Crippen LogP contribution in [-0.2, 0) is 54.4 Å². The van der Waals surface area contributed by atoms with Crippen LogP contribution < -0.4 is 54.8 Å². The number of amides is 8. The highest BCUT2D eigenvalue weighted by molar-refractivity contribution is 5.98. The van der Waals surface area contributed by atoms with Crippen LogP contribution in [0.2, 0.25) is 0 Å². The van der Waals surface area contributed by atoms with Gasteiger partial charge in [-0.15, -0.1) is 0 Å². The predicted molar refractivity (Wildman–Crippen MR) is 245 cm³/mol. The van der Waals surface area contributed by atoms with Crippen molar-refractivity contribution in [2.45, 2.75) is 146 Å². The number of nitrogens with two attached hydrogens (primary N) is 4. The first-order chi connectivity index (χ1) is 32.2. The van der Waals surface area contributed by atoms with Crippen molar-refractivity contribution in [1.29, 1.82) is 0 Å². The highest BCUT2D eigenvalue weighted by atomic mass is 16.4. The lowest BCUT2D eigenvalue weighted by atomic mass is 10.0. The third-order valence-corrected chi connectivity index (χ3v) is 11.0. The number of carboxylic acid groups (broad SMARTS) is 2. The molecular formula is C44H71N11O13. The maximum Gasteiger partial charge on any atom is 0.305 e. The SMILES string of the molecule is CC(C)C[C@H](NC(=O)[C@@H](CCCCN)NC(=O)[C@@H]1CCCN1C(=O)[C@@H](CC(=O)O)NC(=O)[C@@H](Cc1ccc(O)cc1)NC(=O)[C@H](CCC(=O)O)NC(=O)CCN)C(=O)N[C@@H](CCCCN)C(N)=O. The van der Waals surface area contributed by atoms with E-state index >= 15 is 0 Å². The van der Waals surface area contributed by atoms with Gasteiger partial charge in [-0.3, -0.25) is 47.9 Å². The van der Waals surface area contributed by atoms with E-state index in [-0.39, 0.29) is 82.7 Å². The molecule has 7 atom stereocenters. The van der Waals surface area contributed by atoms with E-state index in [2.05, 4.69) is 31.9 Å². The largest absolute Gasteiger partial charge is 0.508 e. The summed E-state index contributed by atoms with van der Waals surface area (Å²) in [5.41, 5.74) is 22.7. The van der Waals surface area contributed by atoms with Gasteiger partial charge in [0.15, 0.2) is 0 Å². The van der Waals surface area contributed by atoms with E-state index in [1.54, 1.807) is 0 Å². The number of likely N-dealkylation sites (tertiary alicyclic amines) is 1. The third kappa shape index (κ3) is 20.6. The molecule has 0 radical (unpaired) electrons. The summed E-state index contributed by atoms with van der Waals surface area (Å²) in [5, 5.41) is 44.3. The molecule has 0 saturated carbocycles. The number of carbonyl (C=O) groups excluding carboxylic acids is 8. The van der Waals surface area contributed by atoms with Gasteiger partial charge in [0.2, 0.25) is 47.3 Å². The fraction of sp³-hybridized carbons (Fsp3) is 0.636. The number of rotatable bonds is 32. The number of nitrogens with zero attached hydrogens (tertiary/aromatic N) is 1. The Morgan fingerprint density at radius 3 is 1.71 bits per heavy atom. The van der Waals surface area contributed by atoms with Crippen molar-refractivity contribution in [3.63, 3.8) is 0 Å². The number of aromatic hydroxyl groups is 1. The van der Waals surface area contributed by atoms with Crippen molar-refractivity contribution >= 4 is 59.2 Å². The van der Waals surface area contributed by atoms with Crippen LogP contribution in [0.4, 0.5) is 0 Å². The second kappa shape index (κ2) is 30.1. The molecule has 24 nitrogen and oxygen atoms in total. The molecule has 0 bridgehead atoms. The number of carboxylic acids is 2. The lowest BCUT2D eigenvalue weighted by Crippen LogP contribution is -2.60. The van der Waals surface area contributed by atoms with Gasteiger partial charge in [0.1, 0.15) is 48.0 Å². The first-order valence-corrected chi connectivity index (χ1v) is 22.9. The fourth-order valence-electron chi connectivity index (χ4n) is 7.49. The normalized spacial score (nSPS) is 16.0. The maximum atomic E-state index is 14.2. The van der Waals surface area contributed by atoms with Crippen LogP contribution in [0.3, 0.4) is 0 Å². The fourth-order valence-corrected chi connectivity index (χ4v) is 7.49. The molecule has 1 aromatic rings. The van der Waals surface area contributed by atoms with Crippen molar-refractivity contribution in [2.24, 2.45) is 28.9 Å². The minimum Gasteiger partial charge on any atom is -0.508 e. The van der Waals surface area contributed by atoms with Gasteiger partial charge in [0.25, 0.3) is 0 Å². The number of phenols is 1. The number of carbonyl (C=O) groups is 10. The van der Waals surface area contributed by atoms with Gasteiger partial charge in [0.05, 0.1) is 6.42 Å². The van der Waals surface area contributed by atoms with Crippen molar-refractivity contribution < 1.29 is 63.3 Å². The van der Waals surface area contributed by atoms with E-state index in [1.807, 2.05) is 13.8 Å². The Morgan fingerprint density at radius 1 is 0.632 bits per heavy atom. The quantitative estimate of drug-likeness (QED) is 0.0327. The molecule has 1 heterocycles. The summed E-state index contributed by atoms with van der Waals surface area (Å²) < 4.78 is 0. The summed E-state index contributed by atoms with van der Waals surface area (Å²) in [6.07, 6.45) is 0.444. The zero-order chi connectivity index (χ0) is 50.9. The zero-order valence-electron chi connectivity index (χ0n) is 38.8. The van der Waals surface area contributed by atoms with Crippen LogP contribution in [0.15, 0.2) is 24.3 Å². The number of benzene rings is 1. The van der Waals surface area contributed by atoms with Crippen LogP contribution in [0.1, 0.15) is 103 Å². The monoisotopic (exact) mass is 962 g/mol. The molecule has 1 saturated heterocycles. The maximum absolute atomic E-state index is 14.2. The van der Waals surface area contributed by atoms with Gasteiger partial charge in [-0.05, 0) is 101 Å². The highest BCUT2D eigenvalue weighted by Crippen LogP contribution is 2.21. The Morgan fingerprint density at radius 2 is 1.16 bits per heavy atom. The molecule has 0 spiro atoms. The summed E-state index contributed by atoms with van der Waals surface area (Å²) in [6, 6.07) is -3.91. The first kappa shape index (κ1) is 57.7. The van der Waals surface area contributed by atoms with E-state index in [1.165, 1.54) is 24.3 Å². The topological polar surface area (TPSA) is 411 Å². The lowest BCUT2D eigenvalue weighted by molar-refractivity contribution is -0.146. The second-order valence-electron chi connectivity index (χ2n) is 17.2. The molecule has 380 valence electrons. The average Bonchev–Trinajstić information content (AvgIpc) is 3.77. The summed E-state index contributed by atoms with van der Waals surface area (Å²) in [5.74, 6) is -9.57. The minimum atomic E-state index is -1.79. The Bertz CT molecular complexity index is 1880. The summed E-state index contributed by atoms with van der Waals surface area (Å²) in [4.78, 5) is 133. The Kier molecular flexibility index (Phi) is 25.5. The number of phenolic OH excluding ortho intramolecular Hbond substituents is 1. The van der Waals surface area contributed by atoms with Gasteiger partial charge < -0.3 is 75.1 Å². The molecule has 2 rings (SSSR count). The number of unbranched alkanes of at least 4 members (excludes halogenated alkanes) is 2. The van der Waals surface area contributed by atoms with Crippen LogP contribution in [-0.4, -0.2) is 148 Å². The van der Waals surface area contributed by atoms with E-state index in [9.17, 15) is 63.3 Å². The highest BCUT2D eigenvalue weighted by Gasteiger charge is 2.41.